The first-order valence-corrected chi connectivity index (χ1v) is 7.54. The van der Waals surface area contributed by atoms with Crippen LogP contribution >= 0.6 is 0 Å². The van der Waals surface area contributed by atoms with E-state index in [1.807, 2.05) is 25.1 Å². The van der Waals surface area contributed by atoms with E-state index >= 15 is 0 Å². The summed E-state index contributed by atoms with van der Waals surface area (Å²) in [6.07, 6.45) is 1.27. The fraction of sp³-hybridized carbons (Fsp3) is 0.529. The summed E-state index contributed by atoms with van der Waals surface area (Å²) in [5, 5.41) is 8.78. The van der Waals surface area contributed by atoms with Crippen LogP contribution in [-0.4, -0.2) is 30.6 Å². The molecule has 0 spiro atoms. The van der Waals surface area contributed by atoms with Gasteiger partial charge in [0.15, 0.2) is 0 Å². The van der Waals surface area contributed by atoms with E-state index in [2.05, 4.69) is 23.1 Å². The van der Waals surface area contributed by atoms with E-state index in [0.717, 1.165) is 26.1 Å². The first-order valence-electron chi connectivity index (χ1n) is 7.54. The molecule has 0 amide bonds. The second kappa shape index (κ2) is 7.80. The third-order valence-electron chi connectivity index (χ3n) is 3.98. The van der Waals surface area contributed by atoms with Gasteiger partial charge in [0.2, 0.25) is 0 Å². The summed E-state index contributed by atoms with van der Waals surface area (Å²) >= 11 is 0. The van der Waals surface area contributed by atoms with Gasteiger partial charge in [0.05, 0.1) is 18.6 Å². The summed E-state index contributed by atoms with van der Waals surface area (Å²) in [6.45, 7) is 4.68. The van der Waals surface area contributed by atoms with Gasteiger partial charge >= 0.3 is 5.97 Å². The standard InChI is InChI=1S/C17H22N2O2/c1-2-21-17(20)16-13-19(12-15(16)9-6-10-18)11-14-7-4-3-5-8-14/h3-5,7-8,15-16H,2,6,9,11-13H2,1H3. The molecule has 1 saturated heterocycles. The fourth-order valence-electron chi connectivity index (χ4n) is 2.99. The Morgan fingerprint density at radius 1 is 1.38 bits per heavy atom. The van der Waals surface area contributed by atoms with Crippen molar-refractivity contribution in [2.24, 2.45) is 11.8 Å². The third-order valence-corrected chi connectivity index (χ3v) is 3.98. The molecule has 1 aliphatic rings. The molecule has 1 heterocycles. The summed E-state index contributed by atoms with van der Waals surface area (Å²) in [5.41, 5.74) is 1.25. The van der Waals surface area contributed by atoms with Crippen LogP contribution in [0.4, 0.5) is 0 Å². The molecule has 1 fully saturated rings. The topological polar surface area (TPSA) is 53.3 Å². The van der Waals surface area contributed by atoms with Crippen molar-refractivity contribution in [2.75, 3.05) is 19.7 Å². The predicted molar refractivity (Wildman–Crippen MR) is 80.2 cm³/mol. The zero-order valence-corrected chi connectivity index (χ0v) is 12.5. The lowest BCUT2D eigenvalue weighted by Gasteiger charge is -2.15. The van der Waals surface area contributed by atoms with Gasteiger partial charge in [-0.3, -0.25) is 9.69 Å². The van der Waals surface area contributed by atoms with Crippen LogP contribution in [0.5, 0.6) is 0 Å². The van der Waals surface area contributed by atoms with Gasteiger partial charge < -0.3 is 4.74 Å². The van der Waals surface area contributed by atoms with Gasteiger partial charge in [-0.05, 0) is 24.8 Å². The van der Waals surface area contributed by atoms with Crippen LogP contribution in [0.2, 0.25) is 0 Å². The molecular weight excluding hydrogens is 264 g/mol. The molecule has 0 aliphatic carbocycles. The maximum absolute atomic E-state index is 12.1. The number of hydrogen-bond donors (Lipinski definition) is 0. The number of carbonyl (C=O) groups excluding carboxylic acids is 1. The minimum atomic E-state index is -0.115. The number of hydrogen-bond acceptors (Lipinski definition) is 4. The van der Waals surface area contributed by atoms with Crippen molar-refractivity contribution in [3.05, 3.63) is 35.9 Å². The van der Waals surface area contributed by atoms with Crippen LogP contribution in [0.1, 0.15) is 25.3 Å². The lowest BCUT2D eigenvalue weighted by Crippen LogP contribution is -2.25. The minimum Gasteiger partial charge on any atom is -0.466 e. The molecule has 2 rings (SSSR count). The van der Waals surface area contributed by atoms with E-state index in [0.29, 0.717) is 13.0 Å². The van der Waals surface area contributed by atoms with Crippen LogP contribution in [0, 0.1) is 23.2 Å². The highest BCUT2D eigenvalue weighted by molar-refractivity contribution is 5.73. The highest BCUT2D eigenvalue weighted by Gasteiger charge is 2.37. The number of rotatable bonds is 6. The monoisotopic (exact) mass is 286 g/mol. The molecule has 1 aromatic carbocycles. The van der Waals surface area contributed by atoms with E-state index in [1.54, 1.807) is 0 Å². The van der Waals surface area contributed by atoms with Crippen LogP contribution in [-0.2, 0) is 16.1 Å². The normalized spacial score (nSPS) is 21.9. The Hall–Kier alpha value is -1.86. The average Bonchev–Trinajstić information content (AvgIpc) is 2.89. The smallest absolute Gasteiger partial charge is 0.310 e. The molecule has 112 valence electrons. The Labute approximate surface area is 126 Å². The van der Waals surface area contributed by atoms with Gasteiger partial charge in [-0.2, -0.15) is 5.26 Å². The molecule has 21 heavy (non-hydrogen) atoms. The summed E-state index contributed by atoms with van der Waals surface area (Å²) in [7, 11) is 0. The second-order valence-electron chi connectivity index (χ2n) is 5.50. The third kappa shape index (κ3) is 4.30. The Morgan fingerprint density at radius 3 is 2.81 bits per heavy atom. The molecule has 0 aromatic heterocycles. The van der Waals surface area contributed by atoms with Crippen molar-refractivity contribution in [3.8, 4) is 6.07 Å². The van der Waals surface area contributed by atoms with E-state index < -0.39 is 0 Å². The van der Waals surface area contributed by atoms with Crippen LogP contribution in [0.25, 0.3) is 0 Å². The lowest BCUT2D eigenvalue weighted by molar-refractivity contribution is -0.148. The van der Waals surface area contributed by atoms with E-state index in [9.17, 15) is 4.79 Å². The summed E-state index contributed by atoms with van der Waals surface area (Å²) in [6, 6.07) is 12.4. The molecule has 2 unspecified atom stereocenters. The van der Waals surface area contributed by atoms with Crippen molar-refractivity contribution in [2.45, 2.75) is 26.3 Å². The molecule has 1 aromatic rings. The highest BCUT2D eigenvalue weighted by Crippen LogP contribution is 2.29. The summed E-state index contributed by atoms with van der Waals surface area (Å²) < 4.78 is 5.19. The predicted octanol–water partition coefficient (Wildman–Crippen LogP) is 2.60. The molecule has 0 N–H and O–H groups in total. The van der Waals surface area contributed by atoms with Gasteiger partial charge in [0.25, 0.3) is 0 Å². The first-order chi connectivity index (χ1) is 10.2. The Bertz CT molecular complexity index is 495. The molecule has 0 bridgehead atoms. The van der Waals surface area contributed by atoms with E-state index in [-0.39, 0.29) is 17.8 Å². The van der Waals surface area contributed by atoms with E-state index in [1.165, 1.54) is 5.56 Å². The molecule has 1 aliphatic heterocycles. The number of nitrogens with zero attached hydrogens (tertiary/aromatic N) is 2. The largest absolute Gasteiger partial charge is 0.466 e. The van der Waals surface area contributed by atoms with E-state index in [4.69, 9.17) is 10.00 Å². The number of benzene rings is 1. The molecule has 0 radical (unpaired) electrons. The molecule has 4 heteroatoms. The van der Waals surface area contributed by atoms with Crippen LogP contribution in [0.15, 0.2) is 30.3 Å². The summed E-state index contributed by atoms with van der Waals surface area (Å²) in [5.74, 6) is 0.0189. The van der Waals surface area contributed by atoms with Crippen molar-refractivity contribution in [3.63, 3.8) is 0 Å². The molecular formula is C17H22N2O2. The SMILES string of the molecule is CCOC(=O)C1CN(Cc2ccccc2)CC1CCC#N. The van der Waals surface area contributed by atoms with Crippen molar-refractivity contribution < 1.29 is 9.53 Å². The average molecular weight is 286 g/mol. The quantitative estimate of drug-likeness (QED) is 0.754. The Morgan fingerprint density at radius 2 is 2.14 bits per heavy atom. The lowest BCUT2D eigenvalue weighted by atomic mass is 9.92. The number of likely N-dealkylation sites (tertiary alicyclic amines) is 1. The maximum Gasteiger partial charge on any atom is 0.310 e. The van der Waals surface area contributed by atoms with Crippen molar-refractivity contribution in [1.82, 2.24) is 4.90 Å². The first kappa shape index (κ1) is 15.5. The zero-order valence-electron chi connectivity index (χ0n) is 12.5. The second-order valence-corrected chi connectivity index (χ2v) is 5.50. The highest BCUT2D eigenvalue weighted by atomic mass is 16.5. The van der Waals surface area contributed by atoms with Crippen LogP contribution in [0.3, 0.4) is 0 Å². The summed E-state index contributed by atoms with van der Waals surface area (Å²) in [4.78, 5) is 14.4. The molecule has 4 nitrogen and oxygen atoms in total. The van der Waals surface area contributed by atoms with Gasteiger partial charge in [0.1, 0.15) is 0 Å². The minimum absolute atomic E-state index is 0.0954. The molecule has 2 atom stereocenters. The number of ether oxygens (including phenoxy) is 1. The maximum atomic E-state index is 12.1. The van der Waals surface area contributed by atoms with Gasteiger partial charge in [-0.15, -0.1) is 0 Å². The Balaban J connectivity index is 1.99. The van der Waals surface area contributed by atoms with Crippen molar-refractivity contribution in [1.29, 1.82) is 5.26 Å². The number of nitriles is 1. The number of esters is 1. The Kier molecular flexibility index (Phi) is 5.77. The van der Waals surface area contributed by atoms with Gasteiger partial charge in [0, 0.05) is 26.1 Å². The van der Waals surface area contributed by atoms with Gasteiger partial charge in [-0.1, -0.05) is 30.3 Å². The van der Waals surface area contributed by atoms with Crippen molar-refractivity contribution >= 4 is 5.97 Å². The number of carbonyl (C=O) groups is 1. The molecule has 0 saturated carbocycles. The fourth-order valence-corrected chi connectivity index (χ4v) is 2.99. The van der Waals surface area contributed by atoms with Gasteiger partial charge in [-0.25, -0.2) is 0 Å². The van der Waals surface area contributed by atoms with Crippen LogP contribution < -0.4 is 0 Å². The zero-order chi connectivity index (χ0) is 15.1.